The standard InChI is InChI=1S/C14H12N2O5/c1-9-7-11(16(18)19)3-5-13(9)14-6-4-12(20-14)8-15-21-10(2)17/h3-8H,1-2H3/b15-8-. The van der Waals surface area contributed by atoms with E-state index in [9.17, 15) is 14.9 Å². The van der Waals surface area contributed by atoms with Crippen molar-refractivity contribution >= 4 is 17.9 Å². The van der Waals surface area contributed by atoms with Gasteiger partial charge in [0.05, 0.1) is 4.92 Å². The fourth-order valence-corrected chi connectivity index (χ4v) is 1.76. The number of benzene rings is 1. The van der Waals surface area contributed by atoms with Crippen molar-refractivity contribution in [2.24, 2.45) is 5.16 Å². The second kappa shape index (κ2) is 6.00. The van der Waals surface area contributed by atoms with Gasteiger partial charge in [-0.3, -0.25) is 10.1 Å². The Morgan fingerprint density at radius 1 is 1.38 bits per heavy atom. The molecule has 0 aliphatic heterocycles. The minimum absolute atomic E-state index is 0.0273. The number of rotatable bonds is 4. The molecule has 0 unspecified atom stereocenters. The number of aryl methyl sites for hydroxylation is 1. The van der Waals surface area contributed by atoms with Crippen LogP contribution < -0.4 is 0 Å². The van der Waals surface area contributed by atoms with Gasteiger partial charge < -0.3 is 9.25 Å². The highest BCUT2D eigenvalue weighted by Gasteiger charge is 2.11. The zero-order valence-corrected chi connectivity index (χ0v) is 11.4. The lowest BCUT2D eigenvalue weighted by molar-refractivity contribution is -0.384. The minimum atomic E-state index is -0.524. The first-order valence-corrected chi connectivity index (χ1v) is 6.03. The van der Waals surface area contributed by atoms with Gasteiger partial charge in [0.25, 0.3) is 5.69 Å². The normalized spacial score (nSPS) is 10.8. The Kier molecular flexibility index (Phi) is 4.13. The van der Waals surface area contributed by atoms with Crippen LogP contribution in [0.3, 0.4) is 0 Å². The highest BCUT2D eigenvalue weighted by atomic mass is 16.7. The number of non-ortho nitro benzene ring substituents is 1. The fourth-order valence-electron chi connectivity index (χ4n) is 1.76. The SMILES string of the molecule is CC(=O)O/N=C\c1ccc(-c2ccc([N+](=O)[O-])cc2C)o1. The molecule has 0 atom stereocenters. The van der Waals surface area contributed by atoms with E-state index in [-0.39, 0.29) is 5.69 Å². The molecule has 0 aliphatic carbocycles. The Balaban J connectivity index is 2.23. The van der Waals surface area contributed by atoms with E-state index < -0.39 is 10.9 Å². The van der Waals surface area contributed by atoms with Crippen LogP contribution in [0.2, 0.25) is 0 Å². The van der Waals surface area contributed by atoms with Crippen LogP contribution in [0, 0.1) is 17.0 Å². The Bertz CT molecular complexity index is 718. The maximum Gasteiger partial charge on any atom is 0.331 e. The summed E-state index contributed by atoms with van der Waals surface area (Å²) in [7, 11) is 0. The van der Waals surface area contributed by atoms with Crippen molar-refractivity contribution in [2.75, 3.05) is 0 Å². The molecular formula is C14H12N2O5. The van der Waals surface area contributed by atoms with Crippen molar-refractivity contribution in [3.63, 3.8) is 0 Å². The molecule has 0 bridgehead atoms. The maximum absolute atomic E-state index is 10.7. The number of carbonyl (C=O) groups is 1. The van der Waals surface area contributed by atoms with Crippen LogP contribution in [0.5, 0.6) is 0 Å². The Morgan fingerprint density at radius 2 is 2.14 bits per heavy atom. The van der Waals surface area contributed by atoms with Gasteiger partial charge in [0, 0.05) is 24.6 Å². The number of hydrogen-bond acceptors (Lipinski definition) is 6. The molecule has 1 heterocycles. The van der Waals surface area contributed by atoms with Gasteiger partial charge >= 0.3 is 5.97 Å². The molecule has 2 rings (SSSR count). The van der Waals surface area contributed by atoms with Gasteiger partial charge in [0.15, 0.2) is 0 Å². The highest BCUT2D eigenvalue weighted by Crippen LogP contribution is 2.28. The summed E-state index contributed by atoms with van der Waals surface area (Å²) in [5.41, 5.74) is 1.49. The first-order chi connectivity index (χ1) is 9.97. The van der Waals surface area contributed by atoms with Gasteiger partial charge in [-0.15, -0.1) is 0 Å². The number of oxime groups is 1. The molecule has 7 nitrogen and oxygen atoms in total. The van der Waals surface area contributed by atoms with E-state index in [2.05, 4.69) is 9.99 Å². The van der Waals surface area contributed by atoms with Crippen LogP contribution >= 0.6 is 0 Å². The van der Waals surface area contributed by atoms with E-state index >= 15 is 0 Å². The minimum Gasteiger partial charge on any atom is -0.455 e. The van der Waals surface area contributed by atoms with E-state index in [4.69, 9.17) is 4.42 Å². The molecule has 0 aliphatic rings. The quantitative estimate of drug-likeness (QED) is 0.373. The molecule has 21 heavy (non-hydrogen) atoms. The van der Waals surface area contributed by atoms with Crippen LogP contribution in [0.4, 0.5) is 5.69 Å². The van der Waals surface area contributed by atoms with Crippen molar-refractivity contribution in [1.29, 1.82) is 0 Å². The first kappa shape index (κ1) is 14.4. The lowest BCUT2D eigenvalue weighted by atomic mass is 10.1. The summed E-state index contributed by atoms with van der Waals surface area (Å²) >= 11 is 0. The summed E-state index contributed by atoms with van der Waals surface area (Å²) < 4.78 is 5.52. The molecule has 2 aromatic rings. The van der Waals surface area contributed by atoms with Gasteiger partial charge in [-0.1, -0.05) is 5.16 Å². The average Bonchev–Trinajstić information content (AvgIpc) is 2.86. The third-order valence-electron chi connectivity index (χ3n) is 2.67. The Hall–Kier alpha value is -2.96. The highest BCUT2D eigenvalue weighted by molar-refractivity contribution is 5.78. The number of furan rings is 1. The molecule has 108 valence electrons. The van der Waals surface area contributed by atoms with Gasteiger partial charge in [0.1, 0.15) is 17.7 Å². The van der Waals surface area contributed by atoms with Crippen molar-refractivity contribution in [3.8, 4) is 11.3 Å². The van der Waals surface area contributed by atoms with Crippen LogP contribution in [0.25, 0.3) is 11.3 Å². The van der Waals surface area contributed by atoms with Crippen molar-refractivity contribution in [3.05, 3.63) is 51.8 Å². The van der Waals surface area contributed by atoms with Gasteiger partial charge in [0.2, 0.25) is 0 Å². The molecule has 0 saturated heterocycles. The lowest BCUT2D eigenvalue weighted by Gasteiger charge is -2.02. The summed E-state index contributed by atoms with van der Waals surface area (Å²) in [5.74, 6) is 0.430. The molecule has 0 N–H and O–H groups in total. The third-order valence-corrected chi connectivity index (χ3v) is 2.67. The van der Waals surface area contributed by atoms with Crippen molar-refractivity contribution < 1.29 is 19.0 Å². The zero-order chi connectivity index (χ0) is 15.4. The fraction of sp³-hybridized carbons (Fsp3) is 0.143. The molecule has 1 aromatic heterocycles. The van der Waals surface area contributed by atoms with Crippen LogP contribution in [0.1, 0.15) is 18.2 Å². The van der Waals surface area contributed by atoms with Gasteiger partial charge in [-0.05, 0) is 30.7 Å². The third kappa shape index (κ3) is 3.53. The summed E-state index contributed by atoms with van der Waals surface area (Å²) in [4.78, 5) is 25.2. The average molecular weight is 288 g/mol. The van der Waals surface area contributed by atoms with Crippen LogP contribution in [0.15, 0.2) is 39.9 Å². The second-order valence-corrected chi connectivity index (χ2v) is 4.28. The second-order valence-electron chi connectivity index (χ2n) is 4.28. The Morgan fingerprint density at radius 3 is 2.76 bits per heavy atom. The molecule has 1 aromatic carbocycles. The van der Waals surface area contributed by atoms with E-state index in [1.807, 2.05) is 0 Å². The number of carbonyl (C=O) groups excluding carboxylic acids is 1. The summed E-state index contributed by atoms with van der Waals surface area (Å²) in [6, 6.07) is 7.88. The number of nitrogens with zero attached hydrogens (tertiary/aromatic N) is 2. The van der Waals surface area contributed by atoms with Crippen molar-refractivity contribution in [2.45, 2.75) is 13.8 Å². The van der Waals surface area contributed by atoms with Gasteiger partial charge in [-0.25, -0.2) is 4.79 Å². The number of nitro benzene ring substituents is 1. The number of nitro groups is 1. The summed E-state index contributed by atoms with van der Waals surface area (Å²) in [6.45, 7) is 3.00. The van der Waals surface area contributed by atoms with Crippen LogP contribution in [-0.4, -0.2) is 17.1 Å². The maximum atomic E-state index is 10.7. The molecule has 7 heteroatoms. The number of hydrogen-bond donors (Lipinski definition) is 0. The molecule has 0 spiro atoms. The lowest BCUT2D eigenvalue weighted by Crippen LogP contribution is -1.91. The Labute approximate surface area is 120 Å². The largest absolute Gasteiger partial charge is 0.455 e. The van der Waals surface area contributed by atoms with E-state index in [0.717, 1.165) is 11.1 Å². The zero-order valence-electron chi connectivity index (χ0n) is 11.4. The monoisotopic (exact) mass is 288 g/mol. The smallest absolute Gasteiger partial charge is 0.331 e. The molecule has 0 radical (unpaired) electrons. The van der Waals surface area contributed by atoms with E-state index in [0.29, 0.717) is 11.5 Å². The summed E-state index contributed by atoms with van der Waals surface area (Å²) in [5, 5.41) is 14.2. The molecular weight excluding hydrogens is 276 g/mol. The van der Waals surface area contributed by atoms with Crippen LogP contribution in [-0.2, 0) is 9.63 Å². The molecule has 0 amide bonds. The van der Waals surface area contributed by atoms with E-state index in [1.54, 1.807) is 25.1 Å². The molecule has 0 fully saturated rings. The summed E-state index contributed by atoms with van der Waals surface area (Å²) in [6.07, 6.45) is 1.27. The topological polar surface area (TPSA) is 94.9 Å². The predicted octanol–water partition coefficient (Wildman–Crippen LogP) is 3.06. The predicted molar refractivity (Wildman–Crippen MR) is 74.9 cm³/mol. The molecule has 0 saturated carbocycles. The van der Waals surface area contributed by atoms with Gasteiger partial charge in [-0.2, -0.15) is 0 Å². The van der Waals surface area contributed by atoms with E-state index in [1.165, 1.54) is 25.3 Å². The first-order valence-electron chi connectivity index (χ1n) is 6.03. The van der Waals surface area contributed by atoms with Crippen molar-refractivity contribution in [1.82, 2.24) is 0 Å².